The Bertz CT molecular complexity index is 1150. The van der Waals surface area contributed by atoms with E-state index in [9.17, 15) is 28.8 Å². The van der Waals surface area contributed by atoms with Crippen LogP contribution in [-0.4, -0.2) is 69.4 Å². The number of rotatable bonds is 6. The lowest BCUT2D eigenvalue weighted by Crippen LogP contribution is -2.70. The van der Waals surface area contributed by atoms with Gasteiger partial charge in [0.05, 0.1) is 11.3 Å². The molecule has 12 nitrogen and oxygen atoms in total. The summed E-state index contributed by atoms with van der Waals surface area (Å²) >= 11 is 0. The number of ether oxygens (including phenoxy) is 1. The van der Waals surface area contributed by atoms with Crippen LogP contribution >= 0.6 is 0 Å². The summed E-state index contributed by atoms with van der Waals surface area (Å²) in [4.78, 5) is 79.4. The molecule has 6 amide bonds. The number of nitrogens with zero attached hydrogens (tertiary/aromatic N) is 3. The molecule has 1 aromatic rings. The van der Waals surface area contributed by atoms with Crippen LogP contribution in [0.15, 0.2) is 24.3 Å². The SMILES string of the molecule is CCC1(C)NC(=O)N(NC(=O)COC(=O)C23CCC(=O)N2c2ccccc2C(=O)N3C(C)C)C1=O. The van der Waals surface area contributed by atoms with Gasteiger partial charge in [-0.2, -0.15) is 5.01 Å². The average molecular weight is 485 g/mol. The summed E-state index contributed by atoms with van der Waals surface area (Å²) in [5.41, 5.74) is -0.171. The maximum Gasteiger partial charge on any atom is 0.354 e. The van der Waals surface area contributed by atoms with Crippen LogP contribution in [0.3, 0.4) is 0 Å². The minimum absolute atomic E-state index is 0.00415. The van der Waals surface area contributed by atoms with E-state index in [0.717, 1.165) is 0 Å². The fourth-order valence-corrected chi connectivity index (χ4v) is 4.80. The molecule has 0 aromatic heterocycles. The van der Waals surface area contributed by atoms with Gasteiger partial charge in [-0.1, -0.05) is 19.1 Å². The number of para-hydroxylation sites is 1. The van der Waals surface area contributed by atoms with E-state index in [2.05, 4.69) is 10.7 Å². The van der Waals surface area contributed by atoms with Crippen molar-refractivity contribution in [2.45, 2.75) is 64.2 Å². The van der Waals surface area contributed by atoms with Crippen molar-refractivity contribution in [1.29, 1.82) is 0 Å². The number of amides is 6. The molecule has 2 unspecified atom stereocenters. The Morgan fingerprint density at radius 1 is 1.17 bits per heavy atom. The summed E-state index contributed by atoms with van der Waals surface area (Å²) in [5.74, 6) is -3.30. The van der Waals surface area contributed by atoms with Crippen molar-refractivity contribution < 1.29 is 33.5 Å². The molecule has 0 radical (unpaired) electrons. The van der Waals surface area contributed by atoms with Crippen LogP contribution in [0.5, 0.6) is 0 Å². The minimum Gasteiger partial charge on any atom is -0.452 e. The number of hydrazine groups is 1. The second-order valence-corrected chi connectivity index (χ2v) is 9.20. The number of benzene rings is 1. The molecule has 0 spiro atoms. The Labute approximate surface area is 201 Å². The second-order valence-electron chi connectivity index (χ2n) is 9.20. The highest BCUT2D eigenvalue weighted by Gasteiger charge is 2.62. The number of carbonyl (C=O) groups is 6. The number of carbonyl (C=O) groups excluding carboxylic acids is 6. The minimum atomic E-state index is -1.75. The Morgan fingerprint density at radius 3 is 2.49 bits per heavy atom. The number of imide groups is 1. The summed E-state index contributed by atoms with van der Waals surface area (Å²) in [6, 6.07) is 5.24. The van der Waals surface area contributed by atoms with Gasteiger partial charge in [0.15, 0.2) is 6.61 Å². The summed E-state index contributed by atoms with van der Waals surface area (Å²) in [6.07, 6.45) is 0.308. The first-order valence-electron chi connectivity index (χ1n) is 11.4. The van der Waals surface area contributed by atoms with Gasteiger partial charge in [0.2, 0.25) is 11.6 Å². The third-order valence-electron chi connectivity index (χ3n) is 6.68. The molecular formula is C23H27N5O7. The molecule has 3 aliphatic rings. The fraction of sp³-hybridized carbons (Fsp3) is 0.478. The van der Waals surface area contributed by atoms with Gasteiger partial charge in [-0.25, -0.2) is 9.59 Å². The van der Waals surface area contributed by atoms with Crippen LogP contribution in [-0.2, 0) is 23.9 Å². The van der Waals surface area contributed by atoms with Crippen LogP contribution in [0.25, 0.3) is 0 Å². The molecule has 12 heteroatoms. The maximum absolute atomic E-state index is 13.5. The van der Waals surface area contributed by atoms with E-state index in [1.165, 1.54) is 16.7 Å². The van der Waals surface area contributed by atoms with Crippen LogP contribution < -0.4 is 15.6 Å². The van der Waals surface area contributed by atoms with E-state index in [0.29, 0.717) is 17.1 Å². The molecule has 2 atom stereocenters. The molecule has 35 heavy (non-hydrogen) atoms. The van der Waals surface area contributed by atoms with Gasteiger partial charge in [-0.3, -0.25) is 29.5 Å². The zero-order valence-corrected chi connectivity index (χ0v) is 19.9. The van der Waals surface area contributed by atoms with E-state index in [1.54, 1.807) is 45.0 Å². The number of esters is 1. The van der Waals surface area contributed by atoms with Gasteiger partial charge in [0.25, 0.3) is 17.7 Å². The third-order valence-corrected chi connectivity index (χ3v) is 6.68. The molecule has 0 aliphatic carbocycles. The Hall–Kier alpha value is -3.96. The van der Waals surface area contributed by atoms with Crippen molar-refractivity contribution in [2.24, 2.45) is 0 Å². The normalized spacial score (nSPS) is 25.6. The van der Waals surface area contributed by atoms with Crippen molar-refractivity contribution >= 4 is 41.3 Å². The Kier molecular flexibility index (Phi) is 5.78. The molecule has 2 N–H and O–H groups in total. The molecule has 3 aliphatic heterocycles. The molecule has 0 bridgehead atoms. The lowest BCUT2D eigenvalue weighted by molar-refractivity contribution is -0.161. The van der Waals surface area contributed by atoms with Crippen LogP contribution in [0.4, 0.5) is 10.5 Å². The van der Waals surface area contributed by atoms with Crippen molar-refractivity contribution in [2.75, 3.05) is 11.5 Å². The number of nitrogens with one attached hydrogen (secondary N) is 2. The smallest absolute Gasteiger partial charge is 0.354 e. The van der Waals surface area contributed by atoms with Gasteiger partial charge in [-0.05, 0) is 39.3 Å². The molecule has 1 aromatic carbocycles. The molecule has 2 saturated heterocycles. The van der Waals surface area contributed by atoms with E-state index < -0.39 is 53.6 Å². The quantitative estimate of drug-likeness (QED) is 0.445. The van der Waals surface area contributed by atoms with E-state index in [-0.39, 0.29) is 24.3 Å². The van der Waals surface area contributed by atoms with E-state index >= 15 is 0 Å². The van der Waals surface area contributed by atoms with Crippen LogP contribution in [0.2, 0.25) is 0 Å². The summed E-state index contributed by atoms with van der Waals surface area (Å²) in [6.45, 7) is 5.85. The number of hydrogen-bond acceptors (Lipinski definition) is 7. The fourth-order valence-electron chi connectivity index (χ4n) is 4.80. The van der Waals surface area contributed by atoms with Crippen molar-refractivity contribution in [1.82, 2.24) is 20.7 Å². The van der Waals surface area contributed by atoms with Gasteiger partial charge in [-0.15, -0.1) is 0 Å². The van der Waals surface area contributed by atoms with Crippen molar-refractivity contribution in [3.8, 4) is 0 Å². The average Bonchev–Trinajstić information content (AvgIpc) is 3.27. The van der Waals surface area contributed by atoms with Gasteiger partial charge >= 0.3 is 12.0 Å². The predicted octanol–water partition coefficient (Wildman–Crippen LogP) is 0.669. The lowest BCUT2D eigenvalue weighted by Gasteiger charge is -2.50. The maximum atomic E-state index is 13.5. The number of anilines is 1. The summed E-state index contributed by atoms with van der Waals surface area (Å²) < 4.78 is 5.29. The predicted molar refractivity (Wildman–Crippen MR) is 120 cm³/mol. The van der Waals surface area contributed by atoms with Crippen LogP contribution in [0, 0.1) is 0 Å². The molecular weight excluding hydrogens is 458 g/mol. The molecule has 3 heterocycles. The third kappa shape index (κ3) is 3.51. The summed E-state index contributed by atoms with van der Waals surface area (Å²) in [5, 5.41) is 3.04. The van der Waals surface area contributed by atoms with Gasteiger partial charge in [0, 0.05) is 18.9 Å². The first kappa shape index (κ1) is 24.2. The highest BCUT2D eigenvalue weighted by molar-refractivity contribution is 6.15. The van der Waals surface area contributed by atoms with Gasteiger partial charge < -0.3 is 15.0 Å². The number of hydrogen-bond donors (Lipinski definition) is 2. The highest BCUT2D eigenvalue weighted by atomic mass is 16.5. The number of urea groups is 1. The molecule has 0 saturated carbocycles. The first-order chi connectivity index (χ1) is 16.5. The highest BCUT2D eigenvalue weighted by Crippen LogP contribution is 2.45. The molecule has 186 valence electrons. The second kappa shape index (κ2) is 8.36. The van der Waals surface area contributed by atoms with E-state index in [1.807, 2.05) is 0 Å². The zero-order valence-electron chi connectivity index (χ0n) is 19.9. The largest absolute Gasteiger partial charge is 0.452 e. The Morgan fingerprint density at radius 2 is 1.86 bits per heavy atom. The van der Waals surface area contributed by atoms with Crippen LogP contribution in [0.1, 0.15) is 57.3 Å². The first-order valence-corrected chi connectivity index (χ1v) is 11.4. The zero-order chi connectivity index (χ0) is 25.7. The number of fused-ring (bicyclic) bond motifs is 3. The van der Waals surface area contributed by atoms with E-state index in [4.69, 9.17) is 4.74 Å². The topological polar surface area (TPSA) is 145 Å². The van der Waals surface area contributed by atoms with Crippen molar-refractivity contribution in [3.05, 3.63) is 29.8 Å². The molecule has 4 rings (SSSR count). The Balaban J connectivity index is 1.57. The summed E-state index contributed by atoms with van der Waals surface area (Å²) in [7, 11) is 0. The lowest BCUT2D eigenvalue weighted by atomic mass is 9.95. The molecule has 2 fully saturated rings. The monoisotopic (exact) mass is 485 g/mol. The van der Waals surface area contributed by atoms with Gasteiger partial charge in [0.1, 0.15) is 5.54 Å². The standard InChI is InChI=1S/C23H27N5O7/c1-5-22(4)19(32)28(21(34)24-22)25-16(29)12-35-20(33)23-11-10-17(30)27(23)15-9-7-6-8-14(15)18(31)26(23)13(2)3/h6-9,13H,5,10-12H2,1-4H3,(H,24,34)(H,25,29). The van der Waals surface area contributed by atoms with Crippen molar-refractivity contribution in [3.63, 3.8) is 0 Å².